The van der Waals surface area contributed by atoms with Crippen molar-refractivity contribution in [2.24, 2.45) is 0 Å². The summed E-state index contributed by atoms with van der Waals surface area (Å²) in [7, 11) is -2.26. The predicted molar refractivity (Wildman–Crippen MR) is 134 cm³/mol. The van der Waals surface area contributed by atoms with Crippen LogP contribution in [0.2, 0.25) is 0 Å². The van der Waals surface area contributed by atoms with Gasteiger partial charge in [0.15, 0.2) is 0 Å². The first-order valence-electron chi connectivity index (χ1n) is 10.1. The van der Waals surface area contributed by atoms with Crippen LogP contribution in [0.25, 0.3) is 0 Å². The second-order valence-electron chi connectivity index (χ2n) is 7.11. The highest BCUT2D eigenvalue weighted by Gasteiger charge is 2.26. The number of ether oxygens (including phenoxy) is 1. The van der Waals surface area contributed by atoms with Gasteiger partial charge in [0.1, 0.15) is 12.3 Å². The van der Waals surface area contributed by atoms with E-state index in [0.29, 0.717) is 12.2 Å². The number of carbonyl (C=O) groups is 1. The number of hydrogen-bond donors (Lipinski definition) is 1. The van der Waals surface area contributed by atoms with E-state index >= 15 is 0 Å². The largest absolute Gasteiger partial charge is 0.497 e. The molecule has 8 heteroatoms. The molecule has 0 bridgehead atoms. The van der Waals surface area contributed by atoms with Crippen LogP contribution in [0.4, 0.5) is 5.69 Å². The highest BCUT2D eigenvalue weighted by Crippen LogP contribution is 2.24. The number of nitrogens with zero attached hydrogens (tertiary/aromatic N) is 1. The zero-order valence-electron chi connectivity index (χ0n) is 17.7. The Hall–Kier alpha value is -2.59. The number of hydrogen-bond acceptors (Lipinski definition) is 4. The highest BCUT2D eigenvalue weighted by atomic mass is 127. The average Bonchev–Trinajstić information content (AvgIpc) is 2.81. The minimum atomic E-state index is -3.89. The summed E-state index contributed by atoms with van der Waals surface area (Å²) >= 11 is 2.15. The molecule has 3 aromatic rings. The minimum absolute atomic E-state index is 0.143. The number of benzene rings is 3. The van der Waals surface area contributed by atoms with Gasteiger partial charge in [0, 0.05) is 10.1 Å². The van der Waals surface area contributed by atoms with Gasteiger partial charge < -0.3 is 10.1 Å². The number of halogens is 1. The van der Waals surface area contributed by atoms with Crippen molar-refractivity contribution in [2.75, 3.05) is 24.5 Å². The van der Waals surface area contributed by atoms with E-state index in [1.54, 1.807) is 37.4 Å². The van der Waals surface area contributed by atoms with Crippen LogP contribution in [0, 0.1) is 3.57 Å². The Labute approximate surface area is 202 Å². The van der Waals surface area contributed by atoms with Gasteiger partial charge in [-0.15, -0.1) is 0 Å². The van der Waals surface area contributed by atoms with Gasteiger partial charge in [0.2, 0.25) is 5.91 Å². The van der Waals surface area contributed by atoms with E-state index in [-0.39, 0.29) is 17.3 Å². The van der Waals surface area contributed by atoms with Crippen molar-refractivity contribution < 1.29 is 17.9 Å². The molecular formula is C24H25IN2O4S. The fraction of sp³-hybridized carbons (Fsp3) is 0.208. The van der Waals surface area contributed by atoms with Gasteiger partial charge in [0.25, 0.3) is 10.0 Å². The Balaban J connectivity index is 1.66. The van der Waals surface area contributed by atoms with Crippen molar-refractivity contribution in [1.82, 2.24) is 5.32 Å². The van der Waals surface area contributed by atoms with Crippen LogP contribution in [0.15, 0.2) is 83.8 Å². The van der Waals surface area contributed by atoms with E-state index < -0.39 is 10.0 Å². The van der Waals surface area contributed by atoms with Crippen LogP contribution < -0.4 is 14.4 Å². The lowest BCUT2D eigenvalue weighted by molar-refractivity contribution is -0.119. The molecule has 3 rings (SSSR count). The molecule has 0 aliphatic rings. The van der Waals surface area contributed by atoms with Gasteiger partial charge >= 0.3 is 0 Å². The molecule has 1 amide bonds. The predicted octanol–water partition coefficient (Wildman–Crippen LogP) is 4.24. The topological polar surface area (TPSA) is 75.7 Å². The van der Waals surface area contributed by atoms with E-state index in [0.717, 1.165) is 32.0 Å². The van der Waals surface area contributed by atoms with Crippen LogP contribution >= 0.6 is 22.6 Å². The number of amides is 1. The van der Waals surface area contributed by atoms with E-state index in [9.17, 15) is 13.2 Å². The molecule has 0 fully saturated rings. The van der Waals surface area contributed by atoms with Crippen LogP contribution in [0.1, 0.15) is 12.0 Å². The molecule has 1 N–H and O–H groups in total. The molecule has 0 unspecified atom stereocenters. The summed E-state index contributed by atoms with van der Waals surface area (Å²) in [5, 5.41) is 2.84. The molecule has 32 heavy (non-hydrogen) atoms. The lowest BCUT2D eigenvalue weighted by Gasteiger charge is -2.24. The number of aryl methyl sites for hydroxylation is 1. The first kappa shape index (κ1) is 24.1. The SMILES string of the molecule is COc1cccc(CCCNC(=O)CN(c2ccc(I)cc2)S(=O)(=O)c2ccccc2)c1. The molecule has 0 aliphatic heterocycles. The minimum Gasteiger partial charge on any atom is -0.497 e. The number of carbonyl (C=O) groups excluding carboxylic acids is 1. The quantitative estimate of drug-likeness (QED) is 0.295. The lowest BCUT2D eigenvalue weighted by Crippen LogP contribution is -2.41. The molecule has 3 aromatic carbocycles. The molecule has 0 spiro atoms. The monoisotopic (exact) mass is 564 g/mol. The number of sulfonamides is 1. The fourth-order valence-electron chi connectivity index (χ4n) is 3.18. The smallest absolute Gasteiger partial charge is 0.264 e. The van der Waals surface area contributed by atoms with Crippen LogP contribution in [-0.2, 0) is 21.2 Å². The average molecular weight is 564 g/mol. The first-order valence-corrected chi connectivity index (χ1v) is 12.6. The van der Waals surface area contributed by atoms with E-state index in [1.807, 2.05) is 36.4 Å². The Morgan fingerprint density at radius 3 is 2.41 bits per heavy atom. The molecule has 0 saturated heterocycles. The van der Waals surface area contributed by atoms with Crippen LogP contribution in [0.3, 0.4) is 0 Å². The Morgan fingerprint density at radius 1 is 1.00 bits per heavy atom. The molecule has 168 valence electrons. The third kappa shape index (κ3) is 6.46. The van der Waals surface area contributed by atoms with Crippen molar-refractivity contribution in [3.8, 4) is 5.75 Å². The molecule has 0 atom stereocenters. The molecule has 0 radical (unpaired) electrons. The van der Waals surface area contributed by atoms with E-state index in [2.05, 4.69) is 27.9 Å². The maximum atomic E-state index is 13.3. The molecule has 0 aromatic heterocycles. The molecule has 0 aliphatic carbocycles. The molecule has 0 heterocycles. The molecule has 0 saturated carbocycles. The van der Waals surface area contributed by atoms with Gasteiger partial charge in [-0.3, -0.25) is 9.10 Å². The van der Waals surface area contributed by atoms with Gasteiger partial charge in [0.05, 0.1) is 17.7 Å². The first-order chi connectivity index (χ1) is 15.4. The normalized spacial score (nSPS) is 11.1. The Morgan fingerprint density at radius 2 is 1.72 bits per heavy atom. The lowest BCUT2D eigenvalue weighted by atomic mass is 10.1. The van der Waals surface area contributed by atoms with Crippen LogP contribution in [0.5, 0.6) is 5.75 Å². The van der Waals surface area contributed by atoms with Crippen LogP contribution in [-0.4, -0.2) is 34.5 Å². The highest BCUT2D eigenvalue weighted by molar-refractivity contribution is 14.1. The van der Waals surface area contributed by atoms with Crippen molar-refractivity contribution >= 4 is 44.2 Å². The van der Waals surface area contributed by atoms with Crippen molar-refractivity contribution in [1.29, 1.82) is 0 Å². The summed E-state index contributed by atoms with van der Waals surface area (Å²) in [6.07, 6.45) is 1.51. The summed E-state index contributed by atoms with van der Waals surface area (Å²) in [4.78, 5) is 12.8. The van der Waals surface area contributed by atoms with Gasteiger partial charge in [-0.2, -0.15) is 0 Å². The number of anilines is 1. The maximum absolute atomic E-state index is 13.3. The Bertz CT molecular complexity index is 1140. The van der Waals surface area contributed by atoms with Crippen molar-refractivity contribution in [3.63, 3.8) is 0 Å². The fourth-order valence-corrected chi connectivity index (χ4v) is 4.98. The number of methoxy groups -OCH3 is 1. The second kappa shape index (κ2) is 11.3. The summed E-state index contributed by atoms with van der Waals surface area (Å²) in [6, 6.07) is 23.0. The number of rotatable bonds is 10. The summed E-state index contributed by atoms with van der Waals surface area (Å²) in [6.45, 7) is 0.152. The van der Waals surface area contributed by atoms with Gasteiger partial charge in [-0.05, 0) is 89.5 Å². The zero-order valence-corrected chi connectivity index (χ0v) is 20.7. The third-order valence-corrected chi connectivity index (χ3v) is 7.34. The summed E-state index contributed by atoms with van der Waals surface area (Å²) < 4.78 is 33.9. The standard InChI is InChI=1S/C24H25IN2O4S/c1-31-22-9-5-7-19(17-22)8-6-16-26-24(28)18-27(21-14-12-20(25)13-15-21)32(29,30)23-10-3-2-4-11-23/h2-5,7,9-15,17H,6,8,16,18H2,1H3,(H,26,28). The molecular weight excluding hydrogens is 539 g/mol. The van der Waals surface area contributed by atoms with Gasteiger partial charge in [-0.1, -0.05) is 30.3 Å². The summed E-state index contributed by atoms with van der Waals surface area (Å²) in [5.41, 5.74) is 1.56. The van der Waals surface area contributed by atoms with Crippen molar-refractivity contribution in [2.45, 2.75) is 17.7 Å². The van der Waals surface area contributed by atoms with Gasteiger partial charge in [-0.25, -0.2) is 8.42 Å². The third-order valence-electron chi connectivity index (χ3n) is 4.83. The summed E-state index contributed by atoms with van der Waals surface area (Å²) in [5.74, 6) is 0.444. The second-order valence-corrected chi connectivity index (χ2v) is 10.2. The zero-order chi connectivity index (χ0) is 23.0. The number of nitrogens with one attached hydrogen (secondary N) is 1. The maximum Gasteiger partial charge on any atom is 0.264 e. The van der Waals surface area contributed by atoms with E-state index in [4.69, 9.17) is 4.74 Å². The molecule has 6 nitrogen and oxygen atoms in total. The van der Waals surface area contributed by atoms with Crippen molar-refractivity contribution in [3.05, 3.63) is 88.0 Å². The van der Waals surface area contributed by atoms with E-state index in [1.165, 1.54) is 12.1 Å². The Kier molecular flexibility index (Phi) is 8.52.